The first-order valence-corrected chi connectivity index (χ1v) is 3.76. The van der Waals surface area contributed by atoms with E-state index in [1.165, 1.54) is 12.2 Å². The third-order valence-corrected chi connectivity index (χ3v) is 2.35. The van der Waals surface area contributed by atoms with Gasteiger partial charge in [0.2, 0.25) is 0 Å². The maximum absolute atomic E-state index is 13.1. The molecular weight excluding hydrogens is 199 g/mol. The predicted molar refractivity (Wildman–Crippen MR) is 40.9 cm³/mol. The summed E-state index contributed by atoms with van der Waals surface area (Å²) >= 11 is 3.03. The van der Waals surface area contributed by atoms with Crippen molar-refractivity contribution in [1.82, 2.24) is 0 Å². The van der Waals surface area contributed by atoms with Crippen molar-refractivity contribution in [3.05, 3.63) is 24.3 Å². The molecule has 1 nitrogen and oxygen atoms in total. The molecule has 1 aliphatic carbocycles. The van der Waals surface area contributed by atoms with Gasteiger partial charge in [-0.05, 0) is 6.08 Å². The van der Waals surface area contributed by atoms with Crippen LogP contribution in [0, 0.1) is 0 Å². The van der Waals surface area contributed by atoms with Gasteiger partial charge in [0.1, 0.15) is 0 Å². The van der Waals surface area contributed by atoms with Crippen LogP contribution in [0.25, 0.3) is 0 Å². The van der Waals surface area contributed by atoms with E-state index in [1.54, 1.807) is 12.2 Å². The summed E-state index contributed by atoms with van der Waals surface area (Å²) in [5.74, 6) is 0. The Kier molecular flexibility index (Phi) is 2.04. The fourth-order valence-corrected chi connectivity index (χ4v) is 1.15. The normalized spacial score (nSPS) is 38.0. The average molecular weight is 205 g/mol. The van der Waals surface area contributed by atoms with Crippen LogP contribution >= 0.6 is 15.9 Å². The summed E-state index contributed by atoms with van der Waals surface area (Å²) in [5.41, 5.74) is -1.85. The number of carbonyl (C=O) groups is 1. The molecule has 1 rings (SSSR count). The maximum atomic E-state index is 13.1. The van der Waals surface area contributed by atoms with Gasteiger partial charge in [-0.2, -0.15) is 0 Å². The topological polar surface area (TPSA) is 17.1 Å². The highest BCUT2D eigenvalue weighted by molar-refractivity contribution is 9.09. The first kappa shape index (κ1) is 7.66. The Hall–Kier alpha value is -0.440. The zero-order valence-electron chi connectivity index (χ0n) is 5.13. The summed E-state index contributed by atoms with van der Waals surface area (Å²) in [5, 5.41) is 0. The molecule has 54 valence electrons. The lowest BCUT2D eigenvalue weighted by Crippen LogP contribution is -2.33. The molecule has 1 aliphatic rings. The number of hydrogen-bond donors (Lipinski definition) is 0. The Morgan fingerprint density at radius 2 is 2.30 bits per heavy atom. The number of aldehydes is 1. The monoisotopic (exact) mass is 204 g/mol. The molecule has 0 fully saturated rings. The van der Waals surface area contributed by atoms with Gasteiger partial charge >= 0.3 is 0 Å². The number of allylic oxidation sites excluding steroid dienone is 4. The van der Waals surface area contributed by atoms with Crippen LogP contribution in [0.3, 0.4) is 0 Å². The van der Waals surface area contributed by atoms with Crippen LogP contribution in [-0.2, 0) is 4.79 Å². The van der Waals surface area contributed by atoms with Crippen molar-refractivity contribution >= 4 is 22.2 Å². The predicted octanol–water partition coefficient (Wildman–Crippen LogP) is 1.78. The molecule has 3 heteroatoms. The van der Waals surface area contributed by atoms with Crippen molar-refractivity contribution in [3.8, 4) is 0 Å². The van der Waals surface area contributed by atoms with Crippen molar-refractivity contribution in [2.24, 2.45) is 0 Å². The van der Waals surface area contributed by atoms with Crippen molar-refractivity contribution in [1.29, 1.82) is 0 Å². The molecule has 0 aromatic carbocycles. The van der Waals surface area contributed by atoms with E-state index in [0.29, 0.717) is 6.29 Å². The molecule has 0 aromatic rings. The summed E-state index contributed by atoms with van der Waals surface area (Å²) < 4.78 is 13.1. The molecule has 0 radical (unpaired) electrons. The first-order chi connectivity index (χ1) is 4.69. The number of hydrogen-bond acceptors (Lipinski definition) is 1. The third-order valence-electron chi connectivity index (χ3n) is 1.35. The second kappa shape index (κ2) is 2.66. The Morgan fingerprint density at radius 3 is 2.70 bits per heavy atom. The molecule has 10 heavy (non-hydrogen) atoms. The minimum atomic E-state index is -1.85. The maximum Gasteiger partial charge on any atom is 0.200 e. The zero-order chi connectivity index (χ0) is 7.61. The lowest BCUT2D eigenvalue weighted by Gasteiger charge is -2.19. The quantitative estimate of drug-likeness (QED) is 0.471. The third kappa shape index (κ3) is 1.19. The van der Waals surface area contributed by atoms with E-state index >= 15 is 0 Å². The van der Waals surface area contributed by atoms with Crippen molar-refractivity contribution < 1.29 is 9.18 Å². The number of halogens is 2. The standard InChI is InChI=1S/C7H6BrFO/c8-6-3-1-2-4-7(6,9)5-10/h1-6H. The van der Waals surface area contributed by atoms with Crippen molar-refractivity contribution in [2.75, 3.05) is 0 Å². The molecule has 0 heterocycles. The minimum Gasteiger partial charge on any atom is -0.299 e. The first-order valence-electron chi connectivity index (χ1n) is 2.84. The van der Waals surface area contributed by atoms with Crippen molar-refractivity contribution in [3.63, 3.8) is 0 Å². The van der Waals surface area contributed by atoms with E-state index in [2.05, 4.69) is 15.9 Å². The second-order valence-electron chi connectivity index (χ2n) is 2.09. The van der Waals surface area contributed by atoms with Crippen LogP contribution in [0.15, 0.2) is 24.3 Å². The minimum absolute atomic E-state index is 0.298. The summed E-state index contributed by atoms with van der Waals surface area (Å²) in [6.45, 7) is 0. The van der Waals surface area contributed by atoms with Gasteiger partial charge in [-0.3, -0.25) is 4.79 Å². The zero-order valence-corrected chi connectivity index (χ0v) is 6.71. The van der Waals surface area contributed by atoms with Crippen LogP contribution in [0.1, 0.15) is 0 Å². The Bertz CT molecular complexity index is 200. The molecular formula is C7H6BrFO. The van der Waals surface area contributed by atoms with Gasteiger partial charge in [0.25, 0.3) is 0 Å². The molecule has 0 aromatic heterocycles. The average Bonchev–Trinajstić information content (AvgIpc) is 1.96. The fraction of sp³-hybridized carbons (Fsp3) is 0.286. The largest absolute Gasteiger partial charge is 0.299 e. The van der Waals surface area contributed by atoms with Gasteiger partial charge in [-0.25, -0.2) is 4.39 Å². The van der Waals surface area contributed by atoms with E-state index in [4.69, 9.17) is 0 Å². The highest BCUT2D eigenvalue weighted by Gasteiger charge is 2.34. The number of carbonyl (C=O) groups excluding carboxylic acids is 1. The van der Waals surface area contributed by atoms with E-state index in [9.17, 15) is 9.18 Å². The highest BCUT2D eigenvalue weighted by atomic mass is 79.9. The smallest absolute Gasteiger partial charge is 0.200 e. The van der Waals surface area contributed by atoms with Crippen LogP contribution in [0.4, 0.5) is 4.39 Å². The lowest BCUT2D eigenvalue weighted by molar-refractivity contribution is -0.114. The van der Waals surface area contributed by atoms with Gasteiger partial charge < -0.3 is 0 Å². The fourth-order valence-electron chi connectivity index (χ4n) is 0.708. The summed E-state index contributed by atoms with van der Waals surface area (Å²) in [6, 6.07) is 0. The van der Waals surface area contributed by atoms with Gasteiger partial charge in [0, 0.05) is 0 Å². The summed E-state index contributed by atoms with van der Waals surface area (Å²) in [4.78, 5) is 9.68. The molecule has 2 atom stereocenters. The van der Waals surface area contributed by atoms with E-state index < -0.39 is 10.5 Å². The lowest BCUT2D eigenvalue weighted by atomic mass is 9.99. The number of rotatable bonds is 1. The van der Waals surface area contributed by atoms with Gasteiger partial charge in [0.15, 0.2) is 12.0 Å². The molecule has 0 spiro atoms. The molecule has 0 bridgehead atoms. The van der Waals surface area contributed by atoms with Gasteiger partial charge in [-0.1, -0.05) is 34.2 Å². The summed E-state index contributed by atoms with van der Waals surface area (Å²) in [7, 11) is 0. The SMILES string of the molecule is O=CC1(F)C=CC=CC1Br. The van der Waals surface area contributed by atoms with Crippen LogP contribution < -0.4 is 0 Å². The molecule has 0 saturated carbocycles. The van der Waals surface area contributed by atoms with E-state index in [-0.39, 0.29) is 0 Å². The van der Waals surface area contributed by atoms with Crippen molar-refractivity contribution in [2.45, 2.75) is 10.5 Å². The molecule has 0 N–H and O–H groups in total. The molecule has 2 unspecified atom stereocenters. The van der Waals surface area contributed by atoms with Crippen LogP contribution in [-0.4, -0.2) is 16.8 Å². The molecule has 0 saturated heterocycles. The van der Waals surface area contributed by atoms with Gasteiger partial charge in [-0.15, -0.1) is 0 Å². The van der Waals surface area contributed by atoms with Gasteiger partial charge in [0.05, 0.1) is 4.83 Å². The Balaban J connectivity index is 2.87. The molecule has 0 aliphatic heterocycles. The Morgan fingerprint density at radius 1 is 1.60 bits per heavy atom. The second-order valence-corrected chi connectivity index (χ2v) is 3.08. The molecule has 0 amide bonds. The summed E-state index contributed by atoms with van der Waals surface area (Å²) in [6.07, 6.45) is 6.34. The number of alkyl halides is 2. The van der Waals surface area contributed by atoms with E-state index in [0.717, 1.165) is 0 Å². The van der Waals surface area contributed by atoms with E-state index in [1.807, 2.05) is 0 Å². The van der Waals surface area contributed by atoms with Crippen LogP contribution in [0.2, 0.25) is 0 Å². The highest BCUT2D eigenvalue weighted by Crippen LogP contribution is 2.26. The van der Waals surface area contributed by atoms with Crippen LogP contribution in [0.5, 0.6) is 0 Å². The Labute approximate surface area is 66.7 Å².